The van der Waals surface area contributed by atoms with Gasteiger partial charge in [0.1, 0.15) is 32.6 Å². The molecule has 4 rings (SSSR count). The number of anilines is 1. The highest BCUT2D eigenvalue weighted by Crippen LogP contribution is 2.45. The molecule has 7 N–H and O–H groups in total. The van der Waals surface area contributed by atoms with Crippen LogP contribution in [0.15, 0.2) is 89.7 Å². The lowest BCUT2D eigenvalue weighted by Gasteiger charge is -2.12. The lowest BCUT2D eigenvalue weighted by atomic mass is 10.1. The van der Waals surface area contributed by atoms with Crippen molar-refractivity contribution in [3.63, 3.8) is 0 Å². The average molecular weight is 638 g/mol. The van der Waals surface area contributed by atoms with Crippen LogP contribution in [-0.2, 0) is 30.4 Å². The van der Waals surface area contributed by atoms with E-state index in [-0.39, 0.29) is 33.5 Å². The molecule has 0 saturated carbocycles. The minimum atomic E-state index is -5.10. The molecule has 0 aliphatic heterocycles. The van der Waals surface area contributed by atoms with Crippen molar-refractivity contribution in [2.45, 2.75) is 21.6 Å². The third-order valence-electron chi connectivity index (χ3n) is 5.69. The summed E-state index contributed by atoms with van der Waals surface area (Å²) in [5.41, 5.74) is 4.55. The summed E-state index contributed by atoms with van der Waals surface area (Å²) in [6.45, 7) is 1.51. The van der Waals surface area contributed by atoms with E-state index in [1.165, 1.54) is 31.2 Å². The van der Waals surface area contributed by atoms with Gasteiger partial charge in [-0.1, -0.05) is 12.1 Å². The number of benzene rings is 4. The molecule has 220 valence electrons. The van der Waals surface area contributed by atoms with Crippen molar-refractivity contribution in [2.24, 2.45) is 20.5 Å². The van der Waals surface area contributed by atoms with Crippen molar-refractivity contribution in [1.82, 2.24) is 0 Å². The van der Waals surface area contributed by atoms with Crippen LogP contribution in [0.3, 0.4) is 0 Å². The van der Waals surface area contributed by atoms with Crippen molar-refractivity contribution in [3.05, 3.63) is 60.2 Å². The zero-order chi connectivity index (χ0) is 31.2. The Morgan fingerprint density at radius 1 is 0.667 bits per heavy atom. The molecule has 19 heteroatoms. The van der Waals surface area contributed by atoms with Crippen LogP contribution >= 0.6 is 0 Å². The molecule has 16 nitrogen and oxygen atoms in total. The highest BCUT2D eigenvalue weighted by molar-refractivity contribution is 7.86. The van der Waals surface area contributed by atoms with Gasteiger partial charge in [0.2, 0.25) is 0 Å². The second-order valence-electron chi connectivity index (χ2n) is 8.60. The van der Waals surface area contributed by atoms with Gasteiger partial charge in [0.05, 0.1) is 10.6 Å². The quantitative estimate of drug-likeness (QED) is 0.0912. The normalized spacial score (nSPS) is 13.0. The fourth-order valence-electron chi connectivity index (χ4n) is 3.76. The molecule has 0 aliphatic rings. The Hall–Kier alpha value is -4.53. The van der Waals surface area contributed by atoms with Crippen molar-refractivity contribution >= 4 is 69.6 Å². The Balaban J connectivity index is 1.80. The molecule has 0 atom stereocenters. The summed E-state index contributed by atoms with van der Waals surface area (Å²) in [6, 6.07) is 9.90. The predicted octanol–water partition coefficient (Wildman–Crippen LogP) is 4.71. The van der Waals surface area contributed by atoms with Gasteiger partial charge in [0, 0.05) is 17.1 Å². The fraction of sp³-hybridized carbons (Fsp3) is 0.0435. The molecule has 42 heavy (non-hydrogen) atoms. The predicted molar refractivity (Wildman–Crippen MR) is 147 cm³/mol. The first-order valence-corrected chi connectivity index (χ1v) is 15.5. The van der Waals surface area contributed by atoms with Gasteiger partial charge in [0.15, 0.2) is 5.75 Å². The van der Waals surface area contributed by atoms with Gasteiger partial charge in [-0.15, -0.1) is 15.3 Å². The molecule has 4 aromatic carbocycles. The first kappa shape index (κ1) is 30.4. The molecule has 0 heterocycles. The average Bonchev–Trinajstić information content (AvgIpc) is 2.87. The van der Waals surface area contributed by atoms with Gasteiger partial charge in [-0.3, -0.25) is 13.7 Å². The first-order chi connectivity index (χ1) is 19.4. The molecule has 0 fully saturated rings. The van der Waals surface area contributed by atoms with Gasteiger partial charge in [-0.25, -0.2) is 0 Å². The first-order valence-electron chi connectivity index (χ1n) is 11.2. The number of aromatic hydroxyl groups is 2. The van der Waals surface area contributed by atoms with Crippen molar-refractivity contribution in [3.8, 4) is 11.5 Å². The number of phenols is 2. The molecule has 4 aromatic rings. The zero-order valence-corrected chi connectivity index (χ0v) is 23.4. The van der Waals surface area contributed by atoms with E-state index in [1.807, 2.05) is 0 Å². The molecular weight excluding hydrogens is 618 g/mol. The molecule has 0 aromatic heterocycles. The Kier molecular flexibility index (Phi) is 7.76. The van der Waals surface area contributed by atoms with Crippen LogP contribution in [0.2, 0.25) is 0 Å². The summed E-state index contributed by atoms with van der Waals surface area (Å²) in [6.07, 6.45) is 0. The number of nitrogens with zero attached hydrogens (tertiary/aromatic N) is 4. The summed E-state index contributed by atoms with van der Waals surface area (Å²) in [4.78, 5) is -2.20. The van der Waals surface area contributed by atoms with Gasteiger partial charge in [-0.2, -0.15) is 30.4 Å². The summed E-state index contributed by atoms with van der Waals surface area (Å²) in [5.74, 6) is -1.48. The SMILES string of the molecule is Cc1cc(N=Nc2c(S(=O)(=O)O)cc3cc(S(=O)(=O)O)cc(N)c3c2O)c(O)cc1N=Nc1ccccc1S(=O)(=O)O. The monoisotopic (exact) mass is 637 g/mol. The molecule has 0 aliphatic carbocycles. The van der Waals surface area contributed by atoms with Crippen LogP contribution in [0.25, 0.3) is 10.8 Å². The van der Waals surface area contributed by atoms with Gasteiger partial charge < -0.3 is 15.9 Å². The fourth-order valence-corrected chi connectivity index (χ4v) is 5.59. The molecule has 0 unspecified atom stereocenters. The minimum Gasteiger partial charge on any atom is -0.506 e. The standard InChI is InChI=1S/C23H19N5O11S3/c1-11-6-17(18(29)10-16(11)26-25-15-4-2-3-5-19(15)41(34,35)36)27-28-22-20(42(37,38)39)8-12-7-13(40(31,32)33)9-14(24)21(12)23(22)30/h2-10,29-30H,24H2,1H3,(H,31,32,33)(H,34,35,36)(H,37,38,39). The van der Waals surface area contributed by atoms with E-state index >= 15 is 0 Å². The van der Waals surface area contributed by atoms with Crippen LogP contribution in [0.5, 0.6) is 11.5 Å². The lowest BCUT2D eigenvalue weighted by Crippen LogP contribution is -2.02. The van der Waals surface area contributed by atoms with E-state index < -0.39 is 62.2 Å². The van der Waals surface area contributed by atoms with E-state index in [1.54, 1.807) is 0 Å². The molecule has 0 spiro atoms. The van der Waals surface area contributed by atoms with Crippen LogP contribution in [-0.4, -0.2) is 49.1 Å². The largest absolute Gasteiger partial charge is 0.506 e. The summed E-state index contributed by atoms with van der Waals surface area (Å²) < 4.78 is 98.8. The van der Waals surface area contributed by atoms with Crippen LogP contribution in [0, 0.1) is 6.92 Å². The Morgan fingerprint density at radius 3 is 1.88 bits per heavy atom. The molecule has 0 saturated heterocycles. The van der Waals surface area contributed by atoms with Crippen LogP contribution in [0.1, 0.15) is 5.56 Å². The summed E-state index contributed by atoms with van der Waals surface area (Å²) in [7, 11) is -14.5. The van der Waals surface area contributed by atoms with Crippen molar-refractivity contribution in [1.29, 1.82) is 0 Å². The number of azo groups is 2. The number of nitrogens with two attached hydrogens (primary N) is 1. The topological polar surface area (TPSA) is 279 Å². The van der Waals surface area contributed by atoms with E-state index in [2.05, 4.69) is 20.5 Å². The summed E-state index contributed by atoms with van der Waals surface area (Å²) in [5, 5.41) is 35.8. The van der Waals surface area contributed by atoms with Gasteiger partial charge in [0.25, 0.3) is 30.4 Å². The number of aryl methyl sites for hydroxylation is 1. The van der Waals surface area contributed by atoms with Crippen molar-refractivity contribution in [2.75, 3.05) is 5.73 Å². The number of rotatable bonds is 7. The third-order valence-corrected chi connectivity index (χ3v) is 8.29. The maximum atomic E-state index is 12.1. The van der Waals surface area contributed by atoms with Gasteiger partial charge >= 0.3 is 0 Å². The number of nitrogen functional groups attached to an aromatic ring is 1. The second-order valence-corrected chi connectivity index (χ2v) is 12.8. The van der Waals surface area contributed by atoms with Gasteiger partial charge in [-0.05, 0) is 54.3 Å². The molecule has 0 radical (unpaired) electrons. The number of hydrogen-bond donors (Lipinski definition) is 6. The third kappa shape index (κ3) is 6.20. The Morgan fingerprint density at radius 2 is 1.26 bits per heavy atom. The minimum absolute atomic E-state index is 0.0474. The number of phenolic OH excluding ortho intramolecular Hbond substituents is 2. The highest BCUT2D eigenvalue weighted by atomic mass is 32.2. The van der Waals surface area contributed by atoms with E-state index in [4.69, 9.17) is 5.73 Å². The highest BCUT2D eigenvalue weighted by Gasteiger charge is 2.25. The second kappa shape index (κ2) is 10.7. The maximum Gasteiger partial charge on any atom is 0.296 e. The lowest BCUT2D eigenvalue weighted by molar-refractivity contribution is 0.471. The molecular formula is C23H19N5O11S3. The smallest absolute Gasteiger partial charge is 0.296 e. The maximum absolute atomic E-state index is 12.1. The van der Waals surface area contributed by atoms with E-state index in [0.717, 1.165) is 30.3 Å². The Bertz CT molecular complexity index is 2160. The van der Waals surface area contributed by atoms with E-state index in [9.17, 15) is 49.1 Å². The summed E-state index contributed by atoms with van der Waals surface area (Å²) >= 11 is 0. The van der Waals surface area contributed by atoms with Crippen LogP contribution < -0.4 is 5.73 Å². The Labute approximate surface area is 237 Å². The van der Waals surface area contributed by atoms with Crippen molar-refractivity contribution < 1.29 is 49.1 Å². The number of fused-ring (bicyclic) bond motifs is 1. The van der Waals surface area contributed by atoms with Crippen LogP contribution in [0.4, 0.5) is 28.4 Å². The zero-order valence-electron chi connectivity index (χ0n) is 21.0. The number of hydrogen-bond acceptors (Lipinski definition) is 13. The molecule has 0 bridgehead atoms. The van der Waals surface area contributed by atoms with E-state index in [0.29, 0.717) is 5.56 Å². The molecule has 0 amide bonds.